The van der Waals surface area contributed by atoms with Crippen LogP contribution in [0.25, 0.3) is 0 Å². The Morgan fingerprint density at radius 1 is 0.846 bits per heavy atom. The summed E-state index contributed by atoms with van der Waals surface area (Å²) in [6.45, 7) is 0.840. The maximum Gasteiger partial charge on any atom is 0.251 e. The summed E-state index contributed by atoms with van der Waals surface area (Å²) in [6, 6.07) is 14.1. The predicted octanol–water partition coefficient (Wildman–Crippen LogP) is 1.76. The van der Waals surface area contributed by atoms with Gasteiger partial charge in [0.05, 0.1) is 0 Å². The number of hydrogen-bond donors (Lipinski definition) is 2. The summed E-state index contributed by atoms with van der Waals surface area (Å²) in [7, 11) is 0. The predicted molar refractivity (Wildman–Crippen MR) is 96.0 cm³/mol. The Balaban J connectivity index is 1.53. The van der Waals surface area contributed by atoms with Crippen LogP contribution < -0.4 is 15.6 Å². The van der Waals surface area contributed by atoms with Gasteiger partial charge in [0.1, 0.15) is 0 Å². The van der Waals surface area contributed by atoms with Gasteiger partial charge in [-0.15, -0.1) is 0 Å². The van der Waals surface area contributed by atoms with Gasteiger partial charge in [-0.3, -0.25) is 14.6 Å². The molecule has 0 spiro atoms. The Hall–Kier alpha value is -3.54. The molecule has 3 aromatic rings. The molecular formula is C20H19N4O2+. The van der Waals surface area contributed by atoms with Crippen LogP contribution in [0.4, 0.5) is 0 Å². The van der Waals surface area contributed by atoms with E-state index in [0.717, 1.165) is 11.1 Å². The first-order valence-electron chi connectivity index (χ1n) is 8.23. The molecule has 0 fully saturated rings. The first-order valence-corrected chi connectivity index (χ1v) is 8.23. The van der Waals surface area contributed by atoms with Crippen molar-refractivity contribution in [3.63, 3.8) is 0 Å². The number of benzene rings is 1. The lowest BCUT2D eigenvalue weighted by Gasteiger charge is -2.07. The van der Waals surface area contributed by atoms with Gasteiger partial charge in [0.2, 0.25) is 0 Å². The van der Waals surface area contributed by atoms with E-state index in [1.807, 2.05) is 36.7 Å². The Morgan fingerprint density at radius 3 is 2.00 bits per heavy atom. The van der Waals surface area contributed by atoms with Crippen LogP contribution in [0.1, 0.15) is 31.8 Å². The van der Waals surface area contributed by atoms with Gasteiger partial charge < -0.3 is 10.6 Å². The van der Waals surface area contributed by atoms with E-state index in [2.05, 4.69) is 20.6 Å². The average Bonchev–Trinajstić information content (AvgIpc) is 2.72. The summed E-state index contributed by atoms with van der Waals surface area (Å²) in [5.41, 5.74) is 2.92. The number of amides is 2. The largest absolute Gasteiger partial charge is 0.348 e. The number of carbonyl (C=O) groups excluding carboxylic acids is 2. The quantitative estimate of drug-likeness (QED) is 0.712. The molecule has 6 heteroatoms. The first kappa shape index (κ1) is 17.3. The summed E-state index contributed by atoms with van der Waals surface area (Å²) >= 11 is 0. The van der Waals surface area contributed by atoms with Gasteiger partial charge in [-0.2, -0.15) is 0 Å². The molecule has 0 aliphatic heterocycles. The van der Waals surface area contributed by atoms with Crippen molar-refractivity contribution in [2.45, 2.75) is 13.1 Å². The van der Waals surface area contributed by atoms with Crippen LogP contribution in [0.2, 0.25) is 0 Å². The molecule has 2 heterocycles. The fourth-order valence-corrected chi connectivity index (χ4v) is 2.38. The summed E-state index contributed by atoms with van der Waals surface area (Å²) in [4.78, 5) is 31.3. The van der Waals surface area contributed by atoms with Crippen LogP contribution in [-0.2, 0) is 13.1 Å². The van der Waals surface area contributed by atoms with Gasteiger partial charge >= 0.3 is 0 Å². The fraction of sp³-hybridized carbons (Fsp3) is 0.100. The lowest BCUT2D eigenvalue weighted by Crippen LogP contribution is -2.24. The summed E-state index contributed by atoms with van der Waals surface area (Å²) in [6.07, 6.45) is 7.03. The fourth-order valence-electron chi connectivity index (χ4n) is 2.38. The third kappa shape index (κ3) is 4.73. The lowest BCUT2D eigenvalue weighted by atomic mass is 10.1. The van der Waals surface area contributed by atoms with Crippen molar-refractivity contribution in [3.05, 3.63) is 95.6 Å². The van der Waals surface area contributed by atoms with E-state index in [1.165, 1.54) is 0 Å². The normalized spacial score (nSPS) is 10.2. The maximum absolute atomic E-state index is 12.2. The average molecular weight is 347 g/mol. The second-order valence-corrected chi connectivity index (χ2v) is 5.72. The topological polar surface area (TPSA) is 85.2 Å². The monoisotopic (exact) mass is 347 g/mol. The van der Waals surface area contributed by atoms with Crippen LogP contribution in [0.3, 0.4) is 0 Å². The van der Waals surface area contributed by atoms with Crippen LogP contribution in [0, 0.1) is 0 Å². The van der Waals surface area contributed by atoms with E-state index in [4.69, 9.17) is 0 Å². The zero-order valence-electron chi connectivity index (χ0n) is 14.1. The maximum atomic E-state index is 12.2. The molecule has 6 nitrogen and oxygen atoms in total. The van der Waals surface area contributed by atoms with Gasteiger partial charge in [0, 0.05) is 48.2 Å². The Bertz CT molecular complexity index is 791. The zero-order valence-corrected chi connectivity index (χ0v) is 14.1. The number of nitrogens with zero attached hydrogens (tertiary/aromatic N) is 1. The van der Waals surface area contributed by atoms with E-state index in [-0.39, 0.29) is 11.8 Å². The molecule has 0 atom stereocenters. The Kier molecular flexibility index (Phi) is 5.67. The first-order chi connectivity index (χ1) is 12.7. The minimum Gasteiger partial charge on any atom is -0.348 e. The van der Waals surface area contributed by atoms with Gasteiger partial charge in [-0.05, 0) is 42.0 Å². The van der Waals surface area contributed by atoms with Crippen molar-refractivity contribution in [1.29, 1.82) is 0 Å². The van der Waals surface area contributed by atoms with Gasteiger partial charge in [-0.25, -0.2) is 4.98 Å². The lowest BCUT2D eigenvalue weighted by molar-refractivity contribution is -0.378. The van der Waals surface area contributed by atoms with E-state index in [0.29, 0.717) is 24.2 Å². The highest BCUT2D eigenvalue weighted by atomic mass is 16.2. The van der Waals surface area contributed by atoms with Gasteiger partial charge in [-0.1, -0.05) is 6.07 Å². The smallest absolute Gasteiger partial charge is 0.251 e. The number of aromatic amines is 1. The van der Waals surface area contributed by atoms with Crippen molar-refractivity contribution in [1.82, 2.24) is 15.6 Å². The number of hydrogen-bond acceptors (Lipinski definition) is 3. The van der Waals surface area contributed by atoms with Crippen LogP contribution in [0.5, 0.6) is 0 Å². The highest BCUT2D eigenvalue weighted by Crippen LogP contribution is 2.06. The Labute approximate surface area is 151 Å². The highest BCUT2D eigenvalue weighted by Gasteiger charge is 2.09. The molecule has 3 N–H and O–H groups in total. The molecule has 0 bridgehead atoms. The van der Waals surface area contributed by atoms with E-state index in [9.17, 15) is 9.59 Å². The van der Waals surface area contributed by atoms with Gasteiger partial charge in [0.15, 0.2) is 12.4 Å². The molecule has 1 aromatic carbocycles. The number of aromatic nitrogens is 2. The summed E-state index contributed by atoms with van der Waals surface area (Å²) in [5, 5.41) is 5.67. The molecule has 0 unspecified atom stereocenters. The molecule has 2 aromatic heterocycles. The van der Waals surface area contributed by atoms with Crippen LogP contribution in [-0.4, -0.2) is 16.8 Å². The number of rotatable bonds is 6. The van der Waals surface area contributed by atoms with E-state index >= 15 is 0 Å². The second-order valence-electron chi connectivity index (χ2n) is 5.72. The minimum atomic E-state index is -0.194. The molecule has 2 amide bonds. The molecule has 0 radical (unpaired) electrons. The second kappa shape index (κ2) is 8.53. The number of pyridine rings is 2. The molecule has 0 saturated carbocycles. The highest BCUT2D eigenvalue weighted by molar-refractivity contribution is 5.97. The standard InChI is InChI=1S/C20H18N4O2/c25-19(23-13-15-3-1-9-21-11-15)17-5-7-18(8-6-17)20(26)24-14-16-4-2-10-22-12-16/h1-12H,13-14H2,(H,23,25)(H,24,26)/p+1. The van der Waals surface area contributed by atoms with E-state index < -0.39 is 0 Å². The number of carbonyl (C=O) groups is 2. The van der Waals surface area contributed by atoms with Crippen molar-refractivity contribution in [2.75, 3.05) is 0 Å². The number of H-pyrrole nitrogens is 1. The van der Waals surface area contributed by atoms with Crippen LogP contribution in [0.15, 0.2) is 73.3 Å². The molecule has 0 aliphatic rings. The molecule has 26 heavy (non-hydrogen) atoms. The third-order valence-electron chi connectivity index (χ3n) is 3.81. The minimum absolute atomic E-state index is 0.184. The van der Waals surface area contributed by atoms with Gasteiger partial charge in [0.25, 0.3) is 11.8 Å². The van der Waals surface area contributed by atoms with Crippen LogP contribution >= 0.6 is 0 Å². The molecule has 130 valence electrons. The molecule has 0 aliphatic carbocycles. The zero-order chi connectivity index (χ0) is 18.2. The summed E-state index contributed by atoms with van der Waals surface area (Å²) in [5.74, 6) is -0.378. The summed E-state index contributed by atoms with van der Waals surface area (Å²) < 4.78 is 0. The Morgan fingerprint density at radius 2 is 1.46 bits per heavy atom. The van der Waals surface area contributed by atoms with Crippen molar-refractivity contribution < 1.29 is 14.6 Å². The van der Waals surface area contributed by atoms with Crippen molar-refractivity contribution >= 4 is 11.8 Å². The molecule has 0 saturated heterocycles. The third-order valence-corrected chi connectivity index (χ3v) is 3.81. The number of nitrogens with one attached hydrogen (secondary N) is 3. The van der Waals surface area contributed by atoms with Crippen molar-refractivity contribution in [2.24, 2.45) is 0 Å². The molecular weight excluding hydrogens is 328 g/mol. The van der Waals surface area contributed by atoms with E-state index in [1.54, 1.807) is 36.7 Å². The SMILES string of the molecule is O=C(NCc1cccnc1)c1ccc(C(=O)NCc2ccc[nH+]c2)cc1. The van der Waals surface area contributed by atoms with Crippen molar-refractivity contribution in [3.8, 4) is 0 Å². The molecule has 3 rings (SSSR count).